The molecule has 2 aliphatic heterocycles. The zero-order chi connectivity index (χ0) is 22.9. The Kier molecular flexibility index (Phi) is 6.17. The summed E-state index contributed by atoms with van der Waals surface area (Å²) in [5.74, 6) is -0.226. The van der Waals surface area contributed by atoms with Crippen molar-refractivity contribution in [1.29, 1.82) is 0 Å². The lowest BCUT2D eigenvalue weighted by atomic mass is 9.88. The van der Waals surface area contributed by atoms with Crippen molar-refractivity contribution in [1.82, 2.24) is 19.8 Å². The molecule has 1 saturated heterocycles. The average Bonchev–Trinajstić information content (AvgIpc) is 3.53. The number of nitrogens with zero attached hydrogens (tertiary/aromatic N) is 3. The number of nitrogens with one attached hydrogen (secondary N) is 1. The van der Waals surface area contributed by atoms with Gasteiger partial charge in [-0.3, -0.25) is 19.5 Å². The molecule has 0 radical (unpaired) electrons. The molecule has 174 valence electrons. The van der Waals surface area contributed by atoms with E-state index in [0.29, 0.717) is 18.7 Å². The minimum absolute atomic E-state index is 0.00356. The Morgan fingerprint density at radius 1 is 1.21 bits per heavy atom. The molecule has 0 spiro atoms. The van der Waals surface area contributed by atoms with Crippen molar-refractivity contribution < 1.29 is 9.90 Å². The van der Waals surface area contributed by atoms with E-state index in [1.54, 1.807) is 12.4 Å². The summed E-state index contributed by atoms with van der Waals surface area (Å²) in [4.78, 5) is 33.0. The van der Waals surface area contributed by atoms with E-state index in [4.69, 9.17) is 0 Å². The molecule has 2 fully saturated rings. The third-order valence-corrected chi connectivity index (χ3v) is 7.65. The van der Waals surface area contributed by atoms with Gasteiger partial charge in [0.05, 0.1) is 12.1 Å². The predicted molar refractivity (Wildman–Crippen MR) is 126 cm³/mol. The molecule has 4 atom stereocenters. The summed E-state index contributed by atoms with van der Waals surface area (Å²) in [5.41, 5.74) is 2.65. The number of aromatic nitrogens is 2. The van der Waals surface area contributed by atoms with Crippen LogP contribution in [0.5, 0.6) is 0 Å². The van der Waals surface area contributed by atoms with Gasteiger partial charge < -0.3 is 15.0 Å². The fraction of sp³-hybridized carbons (Fsp3) is 0.500. The fourth-order valence-corrected chi connectivity index (χ4v) is 6.16. The molecule has 0 unspecified atom stereocenters. The van der Waals surface area contributed by atoms with Gasteiger partial charge in [-0.25, -0.2) is 0 Å². The molecule has 33 heavy (non-hydrogen) atoms. The van der Waals surface area contributed by atoms with E-state index in [-0.39, 0.29) is 42.0 Å². The molecule has 0 bridgehead atoms. The van der Waals surface area contributed by atoms with Crippen LogP contribution in [0.15, 0.2) is 47.5 Å². The number of carbonyl (C=O) groups excluding carboxylic acids is 1. The van der Waals surface area contributed by atoms with Crippen molar-refractivity contribution in [3.63, 3.8) is 0 Å². The van der Waals surface area contributed by atoms with Crippen LogP contribution in [0.25, 0.3) is 6.08 Å². The number of hydrogen-bond donors (Lipinski definition) is 2. The third-order valence-electron chi connectivity index (χ3n) is 7.65. The zero-order valence-corrected chi connectivity index (χ0v) is 19.1. The Morgan fingerprint density at radius 3 is 2.67 bits per heavy atom. The van der Waals surface area contributed by atoms with E-state index in [1.165, 1.54) is 0 Å². The van der Waals surface area contributed by atoms with Crippen LogP contribution in [0.1, 0.15) is 55.5 Å². The van der Waals surface area contributed by atoms with Crippen LogP contribution in [-0.4, -0.2) is 44.2 Å². The first-order valence-electron chi connectivity index (χ1n) is 12.0. The van der Waals surface area contributed by atoms with Crippen LogP contribution < -0.4 is 10.9 Å². The number of fused-ring (bicyclic) bond motifs is 3. The second-order valence-electron chi connectivity index (χ2n) is 9.55. The number of amides is 1. The van der Waals surface area contributed by atoms with E-state index in [9.17, 15) is 14.7 Å². The van der Waals surface area contributed by atoms with E-state index in [1.807, 2.05) is 47.9 Å². The molecule has 7 nitrogen and oxygen atoms in total. The Bertz CT molecular complexity index is 1090. The molecule has 4 heterocycles. The monoisotopic (exact) mass is 448 g/mol. The molecule has 0 aromatic carbocycles. The Labute approximate surface area is 194 Å². The Hall–Kier alpha value is -2.77. The summed E-state index contributed by atoms with van der Waals surface area (Å²) < 4.78 is 1.85. The van der Waals surface area contributed by atoms with Crippen LogP contribution in [-0.2, 0) is 17.9 Å². The molecule has 1 amide bonds. The maximum atomic E-state index is 13.6. The van der Waals surface area contributed by atoms with Gasteiger partial charge in [0.2, 0.25) is 5.91 Å². The number of rotatable bonds is 6. The maximum Gasteiger partial charge on any atom is 0.258 e. The van der Waals surface area contributed by atoms with Crippen LogP contribution in [0, 0.1) is 11.8 Å². The van der Waals surface area contributed by atoms with Crippen molar-refractivity contribution in [2.24, 2.45) is 11.8 Å². The van der Waals surface area contributed by atoms with Crippen LogP contribution in [0.2, 0.25) is 0 Å². The Balaban J connectivity index is 1.54. The highest BCUT2D eigenvalue weighted by atomic mass is 16.3. The lowest BCUT2D eigenvalue weighted by Gasteiger charge is -2.31. The fourth-order valence-electron chi connectivity index (χ4n) is 6.16. The number of likely N-dealkylation sites (tertiary alicyclic amines) is 1. The standard InChI is InChI=1S/C26H32N4O3/c1-2-5-18-8-9-22-23-20(15-29(22)26(18)33)21(16-31)24(25(32)28-19-6-3-4-7-19)30(23)14-17-10-12-27-13-11-17/h2,5,8-13,19-21,23-24,31H,3-4,6-7,14-16H2,1H3,(H,28,32)/b5-2+/t20-,21-,23+,24-/m1/s1. The van der Waals surface area contributed by atoms with Gasteiger partial charge in [-0.1, -0.05) is 25.0 Å². The van der Waals surface area contributed by atoms with Crippen molar-refractivity contribution in [2.45, 2.75) is 63.8 Å². The second-order valence-corrected chi connectivity index (χ2v) is 9.55. The molecule has 2 aromatic rings. The maximum absolute atomic E-state index is 13.6. The summed E-state index contributed by atoms with van der Waals surface area (Å²) in [7, 11) is 0. The highest BCUT2D eigenvalue weighted by molar-refractivity contribution is 5.83. The summed E-state index contributed by atoms with van der Waals surface area (Å²) >= 11 is 0. The first kappa shape index (κ1) is 22.0. The van der Waals surface area contributed by atoms with Crippen LogP contribution >= 0.6 is 0 Å². The van der Waals surface area contributed by atoms with Gasteiger partial charge in [0.25, 0.3) is 5.56 Å². The zero-order valence-electron chi connectivity index (χ0n) is 19.1. The van der Waals surface area contributed by atoms with Crippen molar-refractivity contribution in [3.8, 4) is 0 Å². The van der Waals surface area contributed by atoms with E-state index < -0.39 is 6.04 Å². The second kappa shape index (κ2) is 9.23. The van der Waals surface area contributed by atoms with Crippen molar-refractivity contribution in [3.05, 3.63) is 69.9 Å². The van der Waals surface area contributed by atoms with Gasteiger partial charge in [-0.2, -0.15) is 0 Å². The molecule has 7 heteroatoms. The van der Waals surface area contributed by atoms with Gasteiger partial charge in [-0.15, -0.1) is 0 Å². The molecule has 2 N–H and O–H groups in total. The van der Waals surface area contributed by atoms with Gasteiger partial charge in [0.1, 0.15) is 0 Å². The van der Waals surface area contributed by atoms with Crippen molar-refractivity contribution in [2.75, 3.05) is 6.61 Å². The summed E-state index contributed by atoms with van der Waals surface area (Å²) in [6, 6.07) is 7.51. The van der Waals surface area contributed by atoms with Gasteiger partial charge >= 0.3 is 0 Å². The van der Waals surface area contributed by atoms with E-state index >= 15 is 0 Å². The first-order valence-corrected chi connectivity index (χ1v) is 12.0. The average molecular weight is 449 g/mol. The topological polar surface area (TPSA) is 87.5 Å². The van der Waals surface area contributed by atoms with Gasteiger partial charge in [-0.05, 0) is 49.6 Å². The van der Waals surface area contributed by atoms with Gasteiger partial charge in [0.15, 0.2) is 0 Å². The highest BCUT2D eigenvalue weighted by Gasteiger charge is 2.55. The lowest BCUT2D eigenvalue weighted by Crippen LogP contribution is -2.50. The lowest BCUT2D eigenvalue weighted by molar-refractivity contribution is -0.128. The number of carbonyl (C=O) groups is 1. The van der Waals surface area contributed by atoms with E-state index in [0.717, 1.165) is 36.9 Å². The number of aliphatic hydroxyl groups is 1. The SMILES string of the molecule is C/C=C/c1ccc2n(c1=O)C[C@@H]1[C@@H](CO)[C@H](C(=O)NC3CCCC3)N(Cc3ccncc3)[C@H]21. The molecule has 2 aromatic heterocycles. The van der Waals surface area contributed by atoms with Crippen LogP contribution in [0.4, 0.5) is 0 Å². The highest BCUT2D eigenvalue weighted by Crippen LogP contribution is 2.49. The molecule has 1 saturated carbocycles. The molecule has 3 aliphatic rings. The van der Waals surface area contributed by atoms with Crippen LogP contribution in [0.3, 0.4) is 0 Å². The third kappa shape index (κ3) is 3.93. The number of hydrogen-bond acceptors (Lipinski definition) is 5. The minimum atomic E-state index is -0.433. The summed E-state index contributed by atoms with van der Waals surface area (Å²) in [6.07, 6.45) is 11.6. The van der Waals surface area contributed by atoms with E-state index in [2.05, 4.69) is 15.2 Å². The normalized spacial score (nSPS) is 27.2. The van der Waals surface area contributed by atoms with Crippen molar-refractivity contribution >= 4 is 12.0 Å². The minimum Gasteiger partial charge on any atom is -0.396 e. The smallest absolute Gasteiger partial charge is 0.258 e. The quantitative estimate of drug-likeness (QED) is 0.709. The molecule has 1 aliphatic carbocycles. The summed E-state index contributed by atoms with van der Waals surface area (Å²) in [5, 5.41) is 13.7. The summed E-state index contributed by atoms with van der Waals surface area (Å²) in [6.45, 7) is 2.91. The van der Waals surface area contributed by atoms with Gasteiger partial charge in [0, 0.05) is 61.2 Å². The molecular formula is C26H32N4O3. The largest absolute Gasteiger partial charge is 0.396 e. The first-order chi connectivity index (χ1) is 16.1. The predicted octanol–water partition coefficient (Wildman–Crippen LogP) is 2.50. The molecular weight excluding hydrogens is 416 g/mol. The molecule has 5 rings (SSSR count). The number of allylic oxidation sites excluding steroid dienone is 1. The number of aliphatic hydroxyl groups excluding tert-OH is 1. The Morgan fingerprint density at radius 2 is 1.97 bits per heavy atom. The number of pyridine rings is 2.